The van der Waals surface area contributed by atoms with Gasteiger partial charge >= 0.3 is 12.1 Å². The minimum absolute atomic E-state index is 0.0118. The van der Waals surface area contributed by atoms with E-state index in [1.54, 1.807) is 6.92 Å². The Balaban J connectivity index is 1.11. The van der Waals surface area contributed by atoms with E-state index in [0.717, 1.165) is 16.7 Å². The third-order valence-electron chi connectivity index (χ3n) is 7.10. The number of carboxylic acid groups (broad SMARTS) is 1. The fourth-order valence-electron chi connectivity index (χ4n) is 4.95. The van der Waals surface area contributed by atoms with E-state index < -0.39 is 24.2 Å². The predicted molar refractivity (Wildman–Crippen MR) is 152 cm³/mol. The third-order valence-corrected chi connectivity index (χ3v) is 7.10. The lowest BCUT2D eigenvalue weighted by Crippen LogP contribution is -2.48. The Labute approximate surface area is 234 Å². The number of hydrogen-bond acceptors (Lipinski definition) is 5. The van der Waals surface area contributed by atoms with E-state index in [0.29, 0.717) is 25.8 Å². The summed E-state index contributed by atoms with van der Waals surface area (Å²) in [5.74, 6) is -1.47. The number of amides is 2. The summed E-state index contributed by atoms with van der Waals surface area (Å²) in [5, 5.41) is 14.9. The molecule has 0 saturated heterocycles. The summed E-state index contributed by atoms with van der Waals surface area (Å²) in [6.45, 7) is 2.59. The van der Waals surface area contributed by atoms with Crippen molar-refractivity contribution in [3.63, 3.8) is 0 Å². The normalized spacial score (nSPS) is 13.5. The summed E-state index contributed by atoms with van der Waals surface area (Å²) >= 11 is 0. The topological polar surface area (TPSA) is 114 Å². The van der Waals surface area contributed by atoms with Crippen LogP contribution in [0.15, 0.2) is 78.9 Å². The van der Waals surface area contributed by atoms with Gasteiger partial charge in [0.15, 0.2) is 6.04 Å². The van der Waals surface area contributed by atoms with Gasteiger partial charge in [0.25, 0.3) is 0 Å². The second-order valence-corrected chi connectivity index (χ2v) is 9.95. The second-order valence-electron chi connectivity index (χ2n) is 9.95. The van der Waals surface area contributed by atoms with Crippen LogP contribution in [0.1, 0.15) is 55.2 Å². The van der Waals surface area contributed by atoms with Crippen LogP contribution in [-0.2, 0) is 25.7 Å². The van der Waals surface area contributed by atoms with Gasteiger partial charge in [-0.3, -0.25) is 4.79 Å². The van der Waals surface area contributed by atoms with Crippen molar-refractivity contribution in [1.29, 1.82) is 0 Å². The standard InChI is InChI=1S/C32H36N2O6/c1-22(39-20-23-12-4-2-5-13-23)30(31(36)37)34-29(35)18-6-3-11-19-33-32(38)40-21-28-26-16-9-7-14-24(26)25-15-8-10-17-27(25)28/h2,4-5,7-10,12-17,22,28,30H,3,6,11,18-21H2,1H3,(H,33,38)(H,34,35)(H,36,37)/t22-,30+/m0/s1. The monoisotopic (exact) mass is 544 g/mol. The van der Waals surface area contributed by atoms with Gasteiger partial charge in [0.1, 0.15) is 6.61 Å². The molecule has 1 aliphatic rings. The van der Waals surface area contributed by atoms with E-state index in [4.69, 9.17) is 9.47 Å². The molecule has 0 heterocycles. The summed E-state index contributed by atoms with van der Waals surface area (Å²) in [6, 6.07) is 24.7. The molecule has 0 unspecified atom stereocenters. The van der Waals surface area contributed by atoms with Gasteiger partial charge < -0.3 is 25.2 Å². The fraction of sp³-hybridized carbons (Fsp3) is 0.344. The van der Waals surface area contributed by atoms with Crippen LogP contribution >= 0.6 is 0 Å². The summed E-state index contributed by atoms with van der Waals surface area (Å²) in [6.07, 6.45) is 0.992. The van der Waals surface area contributed by atoms with Gasteiger partial charge in [-0.2, -0.15) is 0 Å². The quantitative estimate of drug-likeness (QED) is 0.239. The van der Waals surface area contributed by atoms with Crippen molar-refractivity contribution < 1.29 is 29.0 Å². The van der Waals surface area contributed by atoms with E-state index in [9.17, 15) is 19.5 Å². The number of carbonyl (C=O) groups excluding carboxylic acids is 2. The van der Waals surface area contributed by atoms with Crippen molar-refractivity contribution in [3.8, 4) is 11.1 Å². The molecule has 4 rings (SSSR count). The molecular formula is C32H36N2O6. The Morgan fingerprint density at radius 3 is 2.12 bits per heavy atom. The number of ether oxygens (including phenoxy) is 2. The lowest BCUT2D eigenvalue weighted by molar-refractivity contribution is -0.146. The number of hydrogen-bond donors (Lipinski definition) is 3. The first-order valence-corrected chi connectivity index (χ1v) is 13.7. The SMILES string of the molecule is C[C@H](OCc1ccccc1)[C@@H](NC(=O)CCCCCNC(=O)OCC1c2ccccc2-c2ccccc21)C(=O)O. The zero-order chi connectivity index (χ0) is 28.3. The van der Waals surface area contributed by atoms with Crippen LogP contribution in [0.25, 0.3) is 11.1 Å². The van der Waals surface area contributed by atoms with Crippen LogP contribution in [0.4, 0.5) is 4.79 Å². The molecule has 8 nitrogen and oxygen atoms in total. The summed E-state index contributed by atoms with van der Waals surface area (Å²) in [4.78, 5) is 36.3. The zero-order valence-corrected chi connectivity index (χ0v) is 22.7. The van der Waals surface area contributed by atoms with Gasteiger partial charge in [-0.25, -0.2) is 9.59 Å². The molecule has 2 atom stereocenters. The Kier molecular flexibility index (Phi) is 10.3. The van der Waals surface area contributed by atoms with Crippen LogP contribution < -0.4 is 10.6 Å². The van der Waals surface area contributed by atoms with E-state index >= 15 is 0 Å². The number of rotatable bonds is 14. The summed E-state index contributed by atoms with van der Waals surface area (Å²) in [5.41, 5.74) is 5.62. The molecule has 210 valence electrons. The molecule has 3 N–H and O–H groups in total. The molecule has 40 heavy (non-hydrogen) atoms. The van der Waals surface area contributed by atoms with Gasteiger partial charge in [-0.05, 0) is 47.6 Å². The first-order valence-electron chi connectivity index (χ1n) is 13.7. The maximum Gasteiger partial charge on any atom is 0.407 e. The van der Waals surface area contributed by atoms with E-state index in [1.165, 1.54) is 11.1 Å². The molecule has 8 heteroatoms. The summed E-state index contributed by atoms with van der Waals surface area (Å²) < 4.78 is 11.2. The molecule has 0 bridgehead atoms. The van der Waals surface area contributed by atoms with Crippen molar-refractivity contribution in [2.45, 2.75) is 57.3 Å². The minimum atomic E-state index is -1.14. The lowest BCUT2D eigenvalue weighted by Gasteiger charge is -2.22. The van der Waals surface area contributed by atoms with E-state index in [1.807, 2.05) is 54.6 Å². The predicted octanol–water partition coefficient (Wildman–Crippen LogP) is 5.26. The molecule has 2 amide bonds. The number of unbranched alkanes of at least 4 members (excludes halogenated alkanes) is 2. The molecule has 0 fully saturated rings. The Hall–Kier alpha value is -4.17. The molecular weight excluding hydrogens is 508 g/mol. The molecule has 1 aliphatic carbocycles. The van der Waals surface area contributed by atoms with Crippen LogP contribution in [-0.4, -0.2) is 48.4 Å². The number of carboxylic acids is 1. The number of benzene rings is 3. The highest BCUT2D eigenvalue weighted by Gasteiger charge is 2.29. The van der Waals surface area contributed by atoms with Crippen LogP contribution in [0.3, 0.4) is 0 Å². The highest BCUT2D eigenvalue weighted by molar-refractivity contribution is 5.84. The highest BCUT2D eigenvalue weighted by atomic mass is 16.5. The zero-order valence-electron chi connectivity index (χ0n) is 22.7. The molecule has 0 spiro atoms. The van der Waals surface area contributed by atoms with Gasteiger partial charge in [-0.1, -0.05) is 85.3 Å². The lowest BCUT2D eigenvalue weighted by atomic mass is 9.98. The Morgan fingerprint density at radius 2 is 1.48 bits per heavy atom. The molecule has 3 aromatic carbocycles. The van der Waals surface area contributed by atoms with Crippen molar-refractivity contribution in [1.82, 2.24) is 10.6 Å². The van der Waals surface area contributed by atoms with E-state index in [-0.39, 0.29) is 31.5 Å². The average molecular weight is 545 g/mol. The Bertz CT molecular complexity index is 1250. The Morgan fingerprint density at radius 1 is 0.850 bits per heavy atom. The molecule has 3 aromatic rings. The van der Waals surface area contributed by atoms with Crippen molar-refractivity contribution in [3.05, 3.63) is 95.6 Å². The average Bonchev–Trinajstić information content (AvgIpc) is 3.29. The number of carbonyl (C=O) groups is 3. The van der Waals surface area contributed by atoms with Crippen molar-refractivity contribution in [2.75, 3.05) is 13.2 Å². The second kappa shape index (κ2) is 14.3. The third kappa shape index (κ3) is 7.70. The van der Waals surface area contributed by atoms with E-state index in [2.05, 4.69) is 34.9 Å². The molecule has 0 saturated carbocycles. The maximum absolute atomic E-state index is 12.3. The first-order chi connectivity index (χ1) is 19.4. The van der Waals surface area contributed by atoms with Crippen LogP contribution in [0, 0.1) is 0 Å². The first kappa shape index (κ1) is 28.8. The van der Waals surface area contributed by atoms with Gasteiger partial charge in [-0.15, -0.1) is 0 Å². The maximum atomic E-state index is 12.3. The van der Waals surface area contributed by atoms with Crippen molar-refractivity contribution >= 4 is 18.0 Å². The smallest absolute Gasteiger partial charge is 0.407 e. The molecule has 0 aromatic heterocycles. The van der Waals surface area contributed by atoms with Gasteiger partial charge in [0, 0.05) is 18.9 Å². The minimum Gasteiger partial charge on any atom is -0.480 e. The number of aliphatic carboxylic acids is 1. The summed E-state index contributed by atoms with van der Waals surface area (Å²) in [7, 11) is 0. The van der Waals surface area contributed by atoms with Crippen LogP contribution in [0.2, 0.25) is 0 Å². The van der Waals surface area contributed by atoms with Crippen LogP contribution in [0.5, 0.6) is 0 Å². The molecule has 0 aliphatic heterocycles. The number of fused-ring (bicyclic) bond motifs is 3. The van der Waals surface area contributed by atoms with Gasteiger partial charge in [0.2, 0.25) is 5.91 Å². The fourth-order valence-corrected chi connectivity index (χ4v) is 4.95. The number of alkyl carbamates (subject to hydrolysis) is 1. The highest BCUT2D eigenvalue weighted by Crippen LogP contribution is 2.44. The van der Waals surface area contributed by atoms with Gasteiger partial charge in [0.05, 0.1) is 12.7 Å². The van der Waals surface area contributed by atoms with Crippen molar-refractivity contribution in [2.24, 2.45) is 0 Å². The molecule has 0 radical (unpaired) electrons. The largest absolute Gasteiger partial charge is 0.480 e. The number of nitrogens with one attached hydrogen (secondary N) is 2.